The van der Waals surface area contributed by atoms with Crippen molar-refractivity contribution in [1.29, 1.82) is 5.26 Å². The van der Waals surface area contributed by atoms with Crippen molar-refractivity contribution >= 4 is 5.71 Å². The molecule has 0 radical (unpaired) electrons. The van der Waals surface area contributed by atoms with Crippen LogP contribution in [0.5, 0.6) is 0 Å². The molecular weight excluding hydrogens is 176 g/mol. The first kappa shape index (κ1) is 9.51. The van der Waals surface area contributed by atoms with Crippen molar-refractivity contribution in [3.05, 3.63) is 0 Å². The molecule has 0 heterocycles. The smallest absolute Gasteiger partial charge is 0.0638 e. The van der Waals surface area contributed by atoms with Gasteiger partial charge in [0.2, 0.25) is 0 Å². The monoisotopic (exact) mass is 192 g/mol. The van der Waals surface area contributed by atoms with Crippen LogP contribution < -0.4 is 0 Å². The highest BCUT2D eigenvalue weighted by molar-refractivity contribution is 5.93. The zero-order valence-corrected chi connectivity index (χ0v) is 8.75. The zero-order valence-electron chi connectivity index (χ0n) is 8.75. The average molecular weight is 192 g/mol. The predicted molar refractivity (Wildman–Crippen MR) is 53.0 cm³/mol. The van der Waals surface area contributed by atoms with Crippen molar-refractivity contribution in [1.82, 2.24) is 0 Å². The van der Waals surface area contributed by atoms with Crippen LogP contribution in [-0.4, -0.2) is 10.9 Å². The molecule has 0 amide bonds. The lowest BCUT2D eigenvalue weighted by Gasteiger charge is -2.35. The first-order chi connectivity index (χ1) is 6.58. The lowest BCUT2D eigenvalue weighted by atomic mass is 9.67. The van der Waals surface area contributed by atoms with E-state index in [1.165, 1.54) is 6.42 Å². The fourth-order valence-corrected chi connectivity index (χ4v) is 3.43. The first-order valence-corrected chi connectivity index (χ1v) is 5.17. The largest absolute Gasteiger partial charge is 0.411 e. The quantitative estimate of drug-likeness (QED) is 0.512. The molecule has 2 fully saturated rings. The van der Waals surface area contributed by atoms with Crippen LogP contribution in [0, 0.1) is 28.1 Å². The van der Waals surface area contributed by atoms with Gasteiger partial charge in [-0.25, -0.2) is 0 Å². The standard InChI is InChI=1S/C11H16N2O/c1-10(5-6-12)8-3-4-11(10,2)9(7-8)13-14/h8,14H,3-5,7H2,1-2H3/b13-9+/t8-,10+,11+/m0/s1. The molecule has 0 aromatic rings. The van der Waals surface area contributed by atoms with E-state index < -0.39 is 0 Å². The van der Waals surface area contributed by atoms with Gasteiger partial charge in [0.25, 0.3) is 0 Å². The Hall–Kier alpha value is -1.04. The Morgan fingerprint density at radius 3 is 2.86 bits per heavy atom. The van der Waals surface area contributed by atoms with Crippen LogP contribution in [0.25, 0.3) is 0 Å². The number of rotatable bonds is 1. The number of oxime groups is 1. The summed E-state index contributed by atoms with van der Waals surface area (Å²) in [6.45, 7) is 4.32. The Labute approximate surface area is 84.4 Å². The van der Waals surface area contributed by atoms with Gasteiger partial charge in [-0.2, -0.15) is 5.26 Å². The molecule has 0 unspecified atom stereocenters. The molecule has 2 aliphatic carbocycles. The molecule has 2 aliphatic rings. The fraction of sp³-hybridized carbons (Fsp3) is 0.818. The predicted octanol–water partition coefficient (Wildman–Crippen LogP) is 2.56. The Morgan fingerprint density at radius 1 is 1.64 bits per heavy atom. The van der Waals surface area contributed by atoms with Gasteiger partial charge in [-0.1, -0.05) is 19.0 Å². The Bertz CT molecular complexity index is 331. The minimum atomic E-state index is -0.0395. The molecule has 3 nitrogen and oxygen atoms in total. The van der Waals surface area contributed by atoms with Gasteiger partial charge < -0.3 is 5.21 Å². The second-order valence-corrected chi connectivity index (χ2v) is 5.07. The van der Waals surface area contributed by atoms with Gasteiger partial charge in [0, 0.05) is 11.8 Å². The van der Waals surface area contributed by atoms with E-state index in [-0.39, 0.29) is 10.8 Å². The van der Waals surface area contributed by atoms with E-state index in [4.69, 9.17) is 10.5 Å². The minimum Gasteiger partial charge on any atom is -0.411 e. The number of hydrogen-bond acceptors (Lipinski definition) is 3. The lowest BCUT2D eigenvalue weighted by Crippen LogP contribution is -2.34. The molecule has 2 rings (SSSR count). The second-order valence-electron chi connectivity index (χ2n) is 5.07. The molecule has 3 atom stereocenters. The third-order valence-corrected chi connectivity index (χ3v) is 4.80. The van der Waals surface area contributed by atoms with Crippen LogP contribution in [0.3, 0.4) is 0 Å². The molecular formula is C11H16N2O. The Kier molecular flexibility index (Phi) is 1.85. The maximum Gasteiger partial charge on any atom is 0.0638 e. The molecule has 1 N–H and O–H groups in total. The summed E-state index contributed by atoms with van der Waals surface area (Å²) in [5.41, 5.74) is 0.900. The van der Waals surface area contributed by atoms with Crippen LogP contribution in [0.2, 0.25) is 0 Å². The van der Waals surface area contributed by atoms with E-state index in [2.05, 4.69) is 25.1 Å². The second kappa shape index (κ2) is 2.73. The van der Waals surface area contributed by atoms with Gasteiger partial charge in [0.1, 0.15) is 0 Å². The van der Waals surface area contributed by atoms with Crippen molar-refractivity contribution in [2.45, 2.75) is 39.5 Å². The maximum absolute atomic E-state index is 8.96. The molecule has 2 bridgehead atoms. The van der Waals surface area contributed by atoms with Crippen LogP contribution >= 0.6 is 0 Å². The van der Waals surface area contributed by atoms with E-state index in [0.717, 1.165) is 18.6 Å². The number of fused-ring (bicyclic) bond motifs is 2. The first-order valence-electron chi connectivity index (χ1n) is 5.17. The highest BCUT2D eigenvalue weighted by Gasteiger charge is 2.62. The third kappa shape index (κ3) is 0.841. The SMILES string of the molecule is C[C@@]12CC[C@@H](C/C1=N\O)[C@@]2(C)CC#N. The van der Waals surface area contributed by atoms with Crippen LogP contribution in [0.4, 0.5) is 0 Å². The van der Waals surface area contributed by atoms with E-state index >= 15 is 0 Å². The molecule has 2 saturated carbocycles. The van der Waals surface area contributed by atoms with E-state index in [9.17, 15) is 0 Å². The van der Waals surface area contributed by atoms with Gasteiger partial charge in [-0.15, -0.1) is 0 Å². The molecule has 0 aromatic carbocycles. The fourth-order valence-electron chi connectivity index (χ4n) is 3.43. The highest BCUT2D eigenvalue weighted by atomic mass is 16.4. The molecule has 3 heteroatoms. The number of hydrogen-bond donors (Lipinski definition) is 1. The Balaban J connectivity index is 2.43. The van der Waals surface area contributed by atoms with Gasteiger partial charge in [-0.05, 0) is 30.6 Å². The Morgan fingerprint density at radius 2 is 2.36 bits per heavy atom. The molecule has 0 aliphatic heterocycles. The van der Waals surface area contributed by atoms with Gasteiger partial charge >= 0.3 is 0 Å². The summed E-state index contributed by atoms with van der Waals surface area (Å²) in [5, 5.41) is 21.3. The molecule has 14 heavy (non-hydrogen) atoms. The molecule has 0 aromatic heterocycles. The normalized spacial score (nSPS) is 48.4. The average Bonchev–Trinajstić information content (AvgIpc) is 2.51. The molecule has 0 spiro atoms. The summed E-state index contributed by atoms with van der Waals surface area (Å²) >= 11 is 0. The van der Waals surface area contributed by atoms with Gasteiger partial charge in [0.15, 0.2) is 0 Å². The van der Waals surface area contributed by atoms with Crippen molar-refractivity contribution in [2.75, 3.05) is 0 Å². The van der Waals surface area contributed by atoms with Crippen molar-refractivity contribution in [3.8, 4) is 6.07 Å². The van der Waals surface area contributed by atoms with Crippen LogP contribution in [-0.2, 0) is 0 Å². The van der Waals surface area contributed by atoms with E-state index in [0.29, 0.717) is 12.3 Å². The van der Waals surface area contributed by atoms with Crippen LogP contribution in [0.1, 0.15) is 39.5 Å². The van der Waals surface area contributed by atoms with Crippen LogP contribution in [0.15, 0.2) is 5.16 Å². The van der Waals surface area contributed by atoms with E-state index in [1.54, 1.807) is 0 Å². The lowest BCUT2D eigenvalue weighted by molar-refractivity contribution is 0.168. The summed E-state index contributed by atoms with van der Waals surface area (Å²) < 4.78 is 0. The minimum absolute atomic E-state index is 0.0311. The third-order valence-electron chi connectivity index (χ3n) is 4.80. The van der Waals surface area contributed by atoms with Crippen molar-refractivity contribution in [3.63, 3.8) is 0 Å². The molecule has 0 saturated heterocycles. The summed E-state index contributed by atoms with van der Waals surface area (Å²) in [7, 11) is 0. The van der Waals surface area contributed by atoms with Gasteiger partial charge in [-0.3, -0.25) is 0 Å². The molecule has 76 valence electrons. The summed E-state index contributed by atoms with van der Waals surface area (Å²) in [4.78, 5) is 0. The van der Waals surface area contributed by atoms with E-state index in [1.807, 2.05) is 0 Å². The number of nitriles is 1. The van der Waals surface area contributed by atoms with Crippen molar-refractivity contribution in [2.24, 2.45) is 21.9 Å². The zero-order chi connectivity index (χ0) is 10.4. The van der Waals surface area contributed by atoms with Gasteiger partial charge in [0.05, 0.1) is 11.8 Å². The summed E-state index contributed by atoms with van der Waals surface area (Å²) in [6.07, 6.45) is 3.70. The topological polar surface area (TPSA) is 56.4 Å². The summed E-state index contributed by atoms with van der Waals surface area (Å²) in [5.74, 6) is 0.540. The number of nitrogens with zero attached hydrogens (tertiary/aromatic N) is 2. The summed E-state index contributed by atoms with van der Waals surface area (Å²) in [6, 6.07) is 2.28. The van der Waals surface area contributed by atoms with Crippen molar-refractivity contribution < 1.29 is 5.21 Å². The maximum atomic E-state index is 8.96. The highest BCUT2D eigenvalue weighted by Crippen LogP contribution is 2.65.